The zero-order valence-corrected chi connectivity index (χ0v) is 9.88. The fraction of sp³-hybridized carbons (Fsp3) is 0.800. The summed E-state index contributed by atoms with van der Waals surface area (Å²) < 4.78 is 31.7. The smallest absolute Gasteiger partial charge is 0.475 e. The van der Waals surface area contributed by atoms with E-state index in [4.69, 9.17) is 9.90 Å². The number of likely N-dealkylation sites (N-methyl/N-ethyl adjacent to an activating group) is 1. The fourth-order valence-corrected chi connectivity index (χ4v) is 2.17. The number of carbonyl (C=O) groups excluding carboxylic acids is 1. The molecule has 2 fully saturated rings. The molecule has 2 aliphatic rings. The van der Waals surface area contributed by atoms with Crippen LogP contribution >= 0.6 is 0 Å². The third kappa shape index (κ3) is 3.12. The molecule has 1 atom stereocenters. The number of aliphatic carboxylic acids is 1. The molecule has 1 amide bonds. The third-order valence-corrected chi connectivity index (χ3v) is 3.35. The van der Waals surface area contributed by atoms with Crippen LogP contribution in [0.15, 0.2) is 0 Å². The molecule has 0 aromatic heterocycles. The molecule has 0 aromatic carbocycles. The molecule has 1 spiro atoms. The highest BCUT2D eigenvalue weighted by Gasteiger charge is 2.44. The van der Waals surface area contributed by atoms with Gasteiger partial charge >= 0.3 is 12.1 Å². The first-order chi connectivity index (χ1) is 8.19. The van der Waals surface area contributed by atoms with Gasteiger partial charge in [-0.15, -0.1) is 0 Å². The van der Waals surface area contributed by atoms with Gasteiger partial charge < -0.3 is 15.3 Å². The summed E-state index contributed by atoms with van der Waals surface area (Å²) in [6, 6.07) is 0. The lowest BCUT2D eigenvalue weighted by Gasteiger charge is -2.30. The van der Waals surface area contributed by atoms with Crippen molar-refractivity contribution >= 4 is 11.9 Å². The van der Waals surface area contributed by atoms with Gasteiger partial charge in [-0.05, 0) is 19.4 Å². The zero-order chi connectivity index (χ0) is 14.0. The van der Waals surface area contributed by atoms with E-state index in [0.717, 1.165) is 32.4 Å². The van der Waals surface area contributed by atoms with E-state index in [9.17, 15) is 18.0 Å². The summed E-state index contributed by atoms with van der Waals surface area (Å²) in [5.41, 5.74) is 0.192. The number of carbonyl (C=O) groups is 2. The van der Waals surface area contributed by atoms with Gasteiger partial charge in [0, 0.05) is 20.0 Å². The minimum Gasteiger partial charge on any atom is -0.475 e. The second kappa shape index (κ2) is 5.13. The predicted octanol–water partition coefficient (Wildman–Crippen LogP) is 0.604. The summed E-state index contributed by atoms with van der Waals surface area (Å²) in [7, 11) is 1.93. The van der Waals surface area contributed by atoms with Crippen molar-refractivity contribution in [3.05, 3.63) is 0 Å². The van der Waals surface area contributed by atoms with Crippen molar-refractivity contribution in [1.82, 2.24) is 10.2 Å². The van der Waals surface area contributed by atoms with Gasteiger partial charge in [0.25, 0.3) is 0 Å². The predicted molar refractivity (Wildman–Crippen MR) is 55.9 cm³/mol. The zero-order valence-electron chi connectivity index (χ0n) is 9.88. The van der Waals surface area contributed by atoms with Gasteiger partial charge in [0.15, 0.2) is 0 Å². The van der Waals surface area contributed by atoms with Crippen molar-refractivity contribution < 1.29 is 27.9 Å². The van der Waals surface area contributed by atoms with Crippen LogP contribution in [0.4, 0.5) is 13.2 Å². The number of amides is 1. The molecule has 0 bridgehead atoms. The number of carboxylic acids is 1. The lowest BCUT2D eigenvalue weighted by molar-refractivity contribution is -0.192. The number of hydrogen-bond acceptors (Lipinski definition) is 3. The highest BCUT2D eigenvalue weighted by atomic mass is 19.4. The first kappa shape index (κ1) is 14.7. The van der Waals surface area contributed by atoms with Crippen LogP contribution in [0.3, 0.4) is 0 Å². The van der Waals surface area contributed by atoms with E-state index < -0.39 is 12.1 Å². The third-order valence-electron chi connectivity index (χ3n) is 3.35. The quantitative estimate of drug-likeness (QED) is 0.675. The average molecular weight is 268 g/mol. The average Bonchev–Trinajstić information content (AvgIpc) is 2.83. The first-order valence-corrected chi connectivity index (χ1v) is 5.46. The standard InChI is InChI=1S/C8H14N2O.C2HF3O2/c1-10-7(11)2-3-8(10)4-5-9-6-8;3-2(4,5)1(6)7/h9H,2-6H2,1H3;(H,6,7). The molecule has 2 N–H and O–H groups in total. The van der Waals surface area contributed by atoms with Gasteiger partial charge in [-0.25, -0.2) is 4.79 Å². The number of rotatable bonds is 0. The Bertz CT molecular complexity index is 338. The molecule has 8 heteroatoms. The van der Waals surface area contributed by atoms with Crippen molar-refractivity contribution in [3.8, 4) is 0 Å². The van der Waals surface area contributed by atoms with Crippen LogP contribution in [0.2, 0.25) is 0 Å². The molecular weight excluding hydrogens is 253 g/mol. The number of likely N-dealkylation sites (tertiary alicyclic amines) is 1. The summed E-state index contributed by atoms with van der Waals surface area (Å²) in [5.74, 6) is -2.44. The Morgan fingerprint density at radius 3 is 2.28 bits per heavy atom. The van der Waals surface area contributed by atoms with Gasteiger partial charge in [-0.3, -0.25) is 4.79 Å². The number of hydrogen-bond donors (Lipinski definition) is 2. The molecule has 2 heterocycles. The Labute approximate surface area is 102 Å². The first-order valence-electron chi connectivity index (χ1n) is 5.46. The van der Waals surface area contributed by atoms with Crippen LogP contribution in [0, 0.1) is 0 Å². The van der Waals surface area contributed by atoms with Crippen molar-refractivity contribution in [3.63, 3.8) is 0 Å². The fourth-order valence-electron chi connectivity index (χ4n) is 2.17. The maximum absolute atomic E-state index is 11.2. The van der Waals surface area contributed by atoms with E-state index in [-0.39, 0.29) is 5.54 Å². The van der Waals surface area contributed by atoms with Crippen molar-refractivity contribution in [2.75, 3.05) is 20.1 Å². The van der Waals surface area contributed by atoms with E-state index >= 15 is 0 Å². The molecule has 2 rings (SSSR count). The van der Waals surface area contributed by atoms with E-state index in [1.165, 1.54) is 0 Å². The van der Waals surface area contributed by atoms with E-state index in [1.54, 1.807) is 0 Å². The molecule has 2 saturated heterocycles. The minimum absolute atomic E-state index is 0.192. The number of nitrogens with zero attached hydrogens (tertiary/aromatic N) is 1. The molecule has 1 unspecified atom stereocenters. The second-order valence-electron chi connectivity index (χ2n) is 4.41. The minimum atomic E-state index is -5.08. The van der Waals surface area contributed by atoms with Gasteiger partial charge in [0.05, 0.1) is 5.54 Å². The summed E-state index contributed by atoms with van der Waals surface area (Å²) in [4.78, 5) is 22.1. The molecule has 0 aliphatic carbocycles. The van der Waals surface area contributed by atoms with E-state index in [0.29, 0.717) is 5.91 Å². The highest BCUT2D eigenvalue weighted by Crippen LogP contribution is 2.33. The van der Waals surface area contributed by atoms with Crippen LogP contribution < -0.4 is 5.32 Å². The Kier molecular flexibility index (Phi) is 4.20. The lowest BCUT2D eigenvalue weighted by Crippen LogP contribution is -2.44. The molecular formula is C10H15F3N2O3. The SMILES string of the molecule is CN1C(=O)CCC12CCNC2.O=C(O)C(F)(F)F. The summed E-state index contributed by atoms with van der Waals surface area (Å²) in [6.07, 6.45) is -2.15. The summed E-state index contributed by atoms with van der Waals surface area (Å²) in [6.45, 7) is 2.06. The summed E-state index contributed by atoms with van der Waals surface area (Å²) >= 11 is 0. The second-order valence-corrected chi connectivity index (χ2v) is 4.41. The number of nitrogens with one attached hydrogen (secondary N) is 1. The lowest BCUT2D eigenvalue weighted by atomic mass is 9.96. The molecule has 0 radical (unpaired) electrons. The number of alkyl halides is 3. The van der Waals surface area contributed by atoms with Crippen LogP contribution in [-0.2, 0) is 9.59 Å². The van der Waals surface area contributed by atoms with Gasteiger partial charge in [-0.2, -0.15) is 13.2 Å². The van der Waals surface area contributed by atoms with Gasteiger partial charge in [0.2, 0.25) is 5.91 Å². The van der Waals surface area contributed by atoms with Crippen LogP contribution in [-0.4, -0.2) is 53.7 Å². The molecule has 0 aromatic rings. The Hall–Kier alpha value is -1.31. The number of carboxylic acid groups (broad SMARTS) is 1. The maximum Gasteiger partial charge on any atom is 0.490 e. The Morgan fingerprint density at radius 2 is 2.00 bits per heavy atom. The van der Waals surface area contributed by atoms with Crippen LogP contribution in [0.1, 0.15) is 19.3 Å². The van der Waals surface area contributed by atoms with E-state index in [2.05, 4.69) is 5.32 Å². The largest absolute Gasteiger partial charge is 0.490 e. The van der Waals surface area contributed by atoms with Crippen molar-refractivity contribution in [2.45, 2.75) is 31.0 Å². The van der Waals surface area contributed by atoms with Gasteiger partial charge in [0.1, 0.15) is 0 Å². The molecule has 18 heavy (non-hydrogen) atoms. The number of halogens is 3. The van der Waals surface area contributed by atoms with Crippen molar-refractivity contribution in [1.29, 1.82) is 0 Å². The molecule has 0 saturated carbocycles. The monoisotopic (exact) mass is 268 g/mol. The normalized spacial score (nSPS) is 27.3. The highest BCUT2D eigenvalue weighted by molar-refractivity contribution is 5.79. The summed E-state index contributed by atoms with van der Waals surface area (Å²) in [5, 5.41) is 10.4. The maximum atomic E-state index is 11.2. The topological polar surface area (TPSA) is 69.6 Å². The van der Waals surface area contributed by atoms with Crippen molar-refractivity contribution in [2.24, 2.45) is 0 Å². The van der Waals surface area contributed by atoms with E-state index in [1.807, 2.05) is 11.9 Å². The molecule has 2 aliphatic heterocycles. The Balaban J connectivity index is 0.000000203. The Morgan fingerprint density at radius 1 is 1.44 bits per heavy atom. The van der Waals surface area contributed by atoms with Gasteiger partial charge in [-0.1, -0.05) is 0 Å². The molecule has 104 valence electrons. The van der Waals surface area contributed by atoms with Crippen LogP contribution in [0.5, 0.6) is 0 Å². The molecule has 5 nitrogen and oxygen atoms in total. The van der Waals surface area contributed by atoms with Crippen LogP contribution in [0.25, 0.3) is 0 Å².